The van der Waals surface area contributed by atoms with Gasteiger partial charge in [-0.15, -0.1) is 0 Å². The highest BCUT2D eigenvalue weighted by atomic mass is 16.1. The standard InChI is InChI=1S/C9H9N3O/c10-5-7-8-3-1-2-4-12(8)9(6-13)11-7/h6H,1-4H2. The number of nitrogens with zero attached hydrogens (tertiary/aromatic N) is 3. The Morgan fingerprint density at radius 1 is 1.54 bits per heavy atom. The summed E-state index contributed by atoms with van der Waals surface area (Å²) in [5.74, 6) is 0.395. The van der Waals surface area contributed by atoms with Crippen LogP contribution in [-0.2, 0) is 13.0 Å². The summed E-state index contributed by atoms with van der Waals surface area (Å²) < 4.78 is 1.86. The molecule has 0 aromatic carbocycles. The molecule has 0 radical (unpaired) electrons. The molecule has 0 unspecified atom stereocenters. The Morgan fingerprint density at radius 2 is 2.38 bits per heavy atom. The van der Waals surface area contributed by atoms with Gasteiger partial charge in [0.05, 0.1) is 5.69 Å². The van der Waals surface area contributed by atoms with Crippen LogP contribution in [0.3, 0.4) is 0 Å². The van der Waals surface area contributed by atoms with Crippen molar-refractivity contribution in [3.63, 3.8) is 0 Å². The number of imidazole rings is 1. The first-order valence-electron chi connectivity index (χ1n) is 4.31. The van der Waals surface area contributed by atoms with Gasteiger partial charge in [-0.05, 0) is 19.3 Å². The van der Waals surface area contributed by atoms with E-state index < -0.39 is 0 Å². The minimum Gasteiger partial charge on any atom is -0.325 e. The van der Waals surface area contributed by atoms with Crippen molar-refractivity contribution in [2.24, 2.45) is 0 Å². The molecule has 0 fully saturated rings. The van der Waals surface area contributed by atoms with Gasteiger partial charge in [0.25, 0.3) is 0 Å². The average molecular weight is 175 g/mol. The van der Waals surface area contributed by atoms with Crippen LogP contribution in [0.15, 0.2) is 0 Å². The van der Waals surface area contributed by atoms with Gasteiger partial charge in [-0.3, -0.25) is 4.79 Å². The largest absolute Gasteiger partial charge is 0.325 e. The molecule has 0 aliphatic carbocycles. The molecule has 1 aromatic heterocycles. The third-order valence-corrected chi connectivity index (χ3v) is 2.36. The van der Waals surface area contributed by atoms with Crippen LogP contribution in [0.2, 0.25) is 0 Å². The predicted molar refractivity (Wildman–Crippen MR) is 45.3 cm³/mol. The van der Waals surface area contributed by atoms with Gasteiger partial charge < -0.3 is 4.57 Å². The van der Waals surface area contributed by atoms with Crippen molar-refractivity contribution in [3.05, 3.63) is 17.2 Å². The van der Waals surface area contributed by atoms with Crippen LogP contribution in [0.4, 0.5) is 0 Å². The van der Waals surface area contributed by atoms with Gasteiger partial charge >= 0.3 is 0 Å². The predicted octanol–water partition coefficient (Wildman–Crippen LogP) is 0.904. The lowest BCUT2D eigenvalue weighted by atomic mass is 10.1. The number of aromatic nitrogens is 2. The minimum atomic E-state index is 0.395. The van der Waals surface area contributed by atoms with E-state index in [-0.39, 0.29) is 0 Å². The lowest BCUT2D eigenvalue weighted by Crippen LogP contribution is -2.12. The quantitative estimate of drug-likeness (QED) is 0.596. The molecular formula is C9H9N3O. The molecule has 66 valence electrons. The zero-order valence-electron chi connectivity index (χ0n) is 7.16. The second-order valence-corrected chi connectivity index (χ2v) is 3.10. The average Bonchev–Trinajstić information content (AvgIpc) is 2.56. The van der Waals surface area contributed by atoms with Gasteiger partial charge in [0, 0.05) is 6.54 Å². The van der Waals surface area contributed by atoms with E-state index in [2.05, 4.69) is 4.98 Å². The fraction of sp³-hybridized carbons (Fsp3) is 0.444. The molecule has 4 nitrogen and oxygen atoms in total. The van der Waals surface area contributed by atoms with Crippen LogP contribution >= 0.6 is 0 Å². The molecule has 0 N–H and O–H groups in total. The summed E-state index contributed by atoms with van der Waals surface area (Å²) in [6.45, 7) is 0.818. The lowest BCUT2D eigenvalue weighted by Gasteiger charge is -2.14. The van der Waals surface area contributed by atoms with Gasteiger partial charge in [-0.1, -0.05) is 0 Å². The summed E-state index contributed by atoms with van der Waals surface area (Å²) in [6, 6.07) is 2.02. The Hall–Kier alpha value is -1.63. The van der Waals surface area contributed by atoms with E-state index in [9.17, 15) is 4.79 Å². The molecule has 0 amide bonds. The molecule has 1 aliphatic heterocycles. The number of aldehydes is 1. The first-order chi connectivity index (χ1) is 6.36. The zero-order valence-corrected chi connectivity index (χ0v) is 7.16. The number of nitriles is 1. The monoisotopic (exact) mass is 175 g/mol. The minimum absolute atomic E-state index is 0.395. The Kier molecular flexibility index (Phi) is 1.85. The van der Waals surface area contributed by atoms with E-state index in [1.807, 2.05) is 10.6 Å². The maximum absolute atomic E-state index is 10.6. The van der Waals surface area contributed by atoms with Gasteiger partial charge in [-0.2, -0.15) is 5.26 Å². The molecule has 2 rings (SSSR count). The molecule has 0 saturated carbocycles. The van der Waals surface area contributed by atoms with Crippen LogP contribution < -0.4 is 0 Å². The van der Waals surface area contributed by atoms with Crippen molar-refractivity contribution in [1.29, 1.82) is 5.26 Å². The molecule has 1 aliphatic rings. The molecule has 4 heteroatoms. The normalized spacial score (nSPS) is 14.7. The lowest BCUT2D eigenvalue weighted by molar-refractivity contribution is 0.111. The van der Waals surface area contributed by atoms with Crippen molar-refractivity contribution in [2.75, 3.05) is 0 Å². The second-order valence-electron chi connectivity index (χ2n) is 3.10. The van der Waals surface area contributed by atoms with E-state index in [4.69, 9.17) is 5.26 Å². The topological polar surface area (TPSA) is 58.7 Å². The summed E-state index contributed by atoms with van der Waals surface area (Å²) in [6.07, 6.45) is 3.73. The number of rotatable bonds is 1. The molecule has 2 heterocycles. The maximum Gasteiger partial charge on any atom is 0.185 e. The first kappa shape index (κ1) is 7.99. The van der Waals surface area contributed by atoms with E-state index in [0.717, 1.165) is 37.8 Å². The number of hydrogen-bond acceptors (Lipinski definition) is 3. The van der Waals surface area contributed by atoms with Crippen molar-refractivity contribution >= 4 is 6.29 Å². The number of fused-ring (bicyclic) bond motifs is 1. The van der Waals surface area contributed by atoms with Crippen LogP contribution in [0, 0.1) is 11.3 Å². The Morgan fingerprint density at radius 3 is 3.08 bits per heavy atom. The number of carbonyl (C=O) groups excluding carboxylic acids is 1. The maximum atomic E-state index is 10.6. The smallest absolute Gasteiger partial charge is 0.185 e. The molecule has 0 atom stereocenters. The van der Waals surface area contributed by atoms with Gasteiger partial charge in [-0.25, -0.2) is 4.98 Å². The van der Waals surface area contributed by atoms with E-state index in [0.29, 0.717) is 11.5 Å². The van der Waals surface area contributed by atoms with Crippen molar-refractivity contribution in [3.8, 4) is 6.07 Å². The third kappa shape index (κ3) is 1.13. The van der Waals surface area contributed by atoms with Gasteiger partial charge in [0.1, 0.15) is 6.07 Å². The molecule has 0 saturated heterocycles. The highest BCUT2D eigenvalue weighted by molar-refractivity contribution is 5.70. The summed E-state index contributed by atoms with van der Waals surface area (Å²) in [5.41, 5.74) is 1.35. The van der Waals surface area contributed by atoms with Crippen LogP contribution in [0.5, 0.6) is 0 Å². The van der Waals surface area contributed by atoms with Crippen molar-refractivity contribution in [2.45, 2.75) is 25.8 Å². The Labute approximate surface area is 75.8 Å². The second kappa shape index (κ2) is 3.02. The summed E-state index contributed by atoms with van der Waals surface area (Å²) in [5, 5.41) is 8.76. The summed E-state index contributed by atoms with van der Waals surface area (Å²) >= 11 is 0. The molecule has 0 bridgehead atoms. The van der Waals surface area contributed by atoms with Crippen molar-refractivity contribution in [1.82, 2.24) is 9.55 Å². The highest BCUT2D eigenvalue weighted by Crippen LogP contribution is 2.19. The first-order valence-corrected chi connectivity index (χ1v) is 4.31. The molecule has 1 aromatic rings. The van der Waals surface area contributed by atoms with Crippen LogP contribution in [0.25, 0.3) is 0 Å². The van der Waals surface area contributed by atoms with Crippen LogP contribution in [0.1, 0.15) is 34.8 Å². The fourth-order valence-electron chi connectivity index (χ4n) is 1.75. The zero-order chi connectivity index (χ0) is 9.26. The van der Waals surface area contributed by atoms with E-state index in [1.54, 1.807) is 0 Å². The number of carbonyl (C=O) groups is 1. The highest BCUT2D eigenvalue weighted by Gasteiger charge is 2.18. The number of hydrogen-bond donors (Lipinski definition) is 0. The fourth-order valence-corrected chi connectivity index (χ4v) is 1.75. The summed E-state index contributed by atoms with van der Waals surface area (Å²) in [7, 11) is 0. The van der Waals surface area contributed by atoms with E-state index >= 15 is 0 Å². The van der Waals surface area contributed by atoms with Gasteiger partial charge in [0.2, 0.25) is 0 Å². The third-order valence-electron chi connectivity index (χ3n) is 2.36. The summed E-state index contributed by atoms with van der Waals surface area (Å²) in [4.78, 5) is 14.6. The SMILES string of the molecule is N#Cc1nc(C=O)n2c1CCCC2. The molecule has 0 spiro atoms. The Bertz CT molecular complexity index is 386. The molecular weight excluding hydrogens is 166 g/mol. The van der Waals surface area contributed by atoms with Crippen molar-refractivity contribution < 1.29 is 4.79 Å². The van der Waals surface area contributed by atoms with Gasteiger partial charge in [0.15, 0.2) is 17.8 Å². The van der Waals surface area contributed by atoms with E-state index in [1.165, 1.54) is 0 Å². The Balaban J connectivity index is 2.58. The van der Waals surface area contributed by atoms with Crippen LogP contribution in [-0.4, -0.2) is 15.8 Å². The molecule has 13 heavy (non-hydrogen) atoms.